The minimum atomic E-state index is -0.543. The molecule has 1 aliphatic rings. The number of nitrogens with one attached hydrogen (secondary N) is 1. The van der Waals surface area contributed by atoms with Crippen molar-refractivity contribution in [1.29, 1.82) is 0 Å². The summed E-state index contributed by atoms with van der Waals surface area (Å²) in [5, 5.41) is 4.75. The van der Waals surface area contributed by atoms with Gasteiger partial charge < -0.3 is 15.0 Å². The number of carbonyl (C=O) groups is 3. The number of amides is 2. The number of esters is 1. The molecule has 0 saturated heterocycles. The first-order chi connectivity index (χ1) is 12.4. The third kappa shape index (κ3) is 4.11. The van der Waals surface area contributed by atoms with Crippen LogP contribution in [0, 0.1) is 6.92 Å². The van der Waals surface area contributed by atoms with Crippen LogP contribution in [0.2, 0.25) is 0 Å². The molecule has 0 saturated carbocycles. The number of likely N-dealkylation sites (N-methyl/N-ethyl adjacent to an activating group) is 1. The van der Waals surface area contributed by atoms with E-state index in [1.165, 1.54) is 0 Å². The number of benzene rings is 1. The zero-order valence-electron chi connectivity index (χ0n) is 14.7. The number of aryl methyl sites for hydroxylation is 2. The second-order valence-electron chi connectivity index (χ2n) is 6.27. The second kappa shape index (κ2) is 7.70. The molecule has 2 amide bonds. The van der Waals surface area contributed by atoms with Gasteiger partial charge in [0.15, 0.2) is 6.61 Å². The molecule has 2 heterocycles. The van der Waals surface area contributed by atoms with Crippen molar-refractivity contribution < 1.29 is 19.1 Å². The lowest BCUT2D eigenvalue weighted by Gasteiger charge is -2.18. The lowest BCUT2D eigenvalue weighted by molar-refractivity contribution is -0.133. The Labute approximate surface area is 155 Å². The smallest absolute Gasteiger partial charge is 0.338 e. The summed E-state index contributed by atoms with van der Waals surface area (Å²) in [6.07, 6.45) is 0.987. The van der Waals surface area contributed by atoms with Crippen LogP contribution < -0.4 is 5.32 Å². The quantitative estimate of drug-likeness (QED) is 0.819. The van der Waals surface area contributed by atoms with Gasteiger partial charge in [-0.05, 0) is 54.1 Å². The molecular formula is C19H20N2O4S. The molecule has 136 valence electrons. The van der Waals surface area contributed by atoms with Crippen molar-refractivity contribution in [3.8, 4) is 0 Å². The number of thiophene rings is 1. The molecule has 1 N–H and O–H groups in total. The summed E-state index contributed by atoms with van der Waals surface area (Å²) in [6, 6.07) is 7.00. The van der Waals surface area contributed by atoms with Gasteiger partial charge in [-0.15, -0.1) is 11.3 Å². The third-order valence-electron chi connectivity index (χ3n) is 4.34. The van der Waals surface area contributed by atoms with Crippen molar-refractivity contribution >= 4 is 34.8 Å². The molecule has 0 atom stereocenters. The zero-order chi connectivity index (χ0) is 18.7. The molecule has 26 heavy (non-hydrogen) atoms. The van der Waals surface area contributed by atoms with Crippen molar-refractivity contribution in [1.82, 2.24) is 4.90 Å². The van der Waals surface area contributed by atoms with Crippen LogP contribution in [0.1, 0.15) is 32.8 Å². The third-order valence-corrected chi connectivity index (χ3v) is 5.35. The molecule has 0 unspecified atom stereocenters. The maximum atomic E-state index is 12.2. The van der Waals surface area contributed by atoms with Gasteiger partial charge in [-0.2, -0.15) is 0 Å². The fourth-order valence-electron chi connectivity index (χ4n) is 2.70. The molecule has 0 spiro atoms. The van der Waals surface area contributed by atoms with E-state index in [2.05, 4.69) is 5.32 Å². The van der Waals surface area contributed by atoms with Gasteiger partial charge in [-0.1, -0.05) is 0 Å². The minimum Gasteiger partial charge on any atom is -0.452 e. The number of anilines is 1. The van der Waals surface area contributed by atoms with Crippen LogP contribution in [-0.2, 0) is 27.3 Å². The van der Waals surface area contributed by atoms with Gasteiger partial charge in [0.1, 0.15) is 0 Å². The lowest BCUT2D eigenvalue weighted by Crippen LogP contribution is -2.30. The average molecular weight is 372 g/mol. The average Bonchev–Trinajstić information content (AvgIpc) is 3.03. The molecule has 3 rings (SSSR count). The highest BCUT2D eigenvalue weighted by Crippen LogP contribution is 2.24. The highest BCUT2D eigenvalue weighted by molar-refractivity contribution is 7.10. The van der Waals surface area contributed by atoms with Crippen molar-refractivity contribution in [2.24, 2.45) is 0 Å². The Hall–Kier alpha value is -2.67. The van der Waals surface area contributed by atoms with Gasteiger partial charge >= 0.3 is 5.97 Å². The number of hydrogen-bond donors (Lipinski definition) is 1. The van der Waals surface area contributed by atoms with Gasteiger partial charge in [-0.3, -0.25) is 9.59 Å². The van der Waals surface area contributed by atoms with Gasteiger partial charge in [0.05, 0.1) is 12.1 Å². The number of hydrogen-bond acceptors (Lipinski definition) is 5. The van der Waals surface area contributed by atoms with E-state index in [0.29, 0.717) is 24.9 Å². The van der Waals surface area contributed by atoms with Crippen molar-refractivity contribution in [2.45, 2.75) is 26.3 Å². The fourth-order valence-corrected chi connectivity index (χ4v) is 3.66. The molecule has 0 radical (unpaired) electrons. The number of fused-ring (bicyclic) bond motifs is 1. The highest BCUT2D eigenvalue weighted by Gasteiger charge is 2.19. The summed E-state index contributed by atoms with van der Waals surface area (Å²) in [6.45, 7) is 2.20. The van der Waals surface area contributed by atoms with Crippen LogP contribution >= 0.6 is 11.3 Å². The minimum absolute atomic E-state index is 0.0255. The monoisotopic (exact) mass is 372 g/mol. The van der Waals surface area contributed by atoms with Crippen LogP contribution in [0.4, 0.5) is 5.69 Å². The molecule has 6 nitrogen and oxygen atoms in total. The number of rotatable bonds is 5. The molecule has 0 fully saturated rings. The molecule has 0 bridgehead atoms. The molecule has 2 aromatic rings. The maximum Gasteiger partial charge on any atom is 0.338 e. The van der Waals surface area contributed by atoms with Crippen LogP contribution in [0.5, 0.6) is 0 Å². The number of carbonyl (C=O) groups excluding carboxylic acids is 3. The van der Waals surface area contributed by atoms with Crippen LogP contribution in [0.3, 0.4) is 0 Å². The molecular weight excluding hydrogens is 352 g/mol. The fraction of sp³-hybridized carbons (Fsp3) is 0.316. The Morgan fingerprint density at radius 1 is 1.27 bits per heavy atom. The lowest BCUT2D eigenvalue weighted by atomic mass is 10.0. The Morgan fingerprint density at radius 2 is 2.08 bits per heavy atom. The SMILES string of the molecule is Cc1ccsc1CN(C)C(=O)COC(=O)c1ccc2c(c1)CCC(=O)N2. The standard InChI is InChI=1S/C19H20N2O4S/c1-12-7-8-26-16(12)10-21(2)18(23)11-25-19(24)14-3-5-15-13(9-14)4-6-17(22)20-15/h3,5,7-9H,4,6,10-11H2,1-2H3,(H,20,22). The van der Waals surface area contributed by atoms with Gasteiger partial charge in [0.25, 0.3) is 5.91 Å². The molecule has 1 aromatic heterocycles. The summed E-state index contributed by atoms with van der Waals surface area (Å²) >= 11 is 1.60. The number of ether oxygens (including phenoxy) is 1. The summed E-state index contributed by atoms with van der Waals surface area (Å²) in [5.74, 6) is -0.822. The highest BCUT2D eigenvalue weighted by atomic mass is 32.1. The molecule has 7 heteroatoms. The summed E-state index contributed by atoms with van der Waals surface area (Å²) < 4.78 is 5.16. The second-order valence-corrected chi connectivity index (χ2v) is 7.27. The molecule has 1 aromatic carbocycles. The van der Waals surface area contributed by atoms with E-state index >= 15 is 0 Å². The van der Waals surface area contributed by atoms with Crippen LogP contribution in [-0.4, -0.2) is 36.3 Å². The topological polar surface area (TPSA) is 75.7 Å². The van der Waals surface area contributed by atoms with Crippen molar-refractivity contribution in [2.75, 3.05) is 19.0 Å². The van der Waals surface area contributed by atoms with E-state index in [1.54, 1.807) is 41.5 Å². The first-order valence-electron chi connectivity index (χ1n) is 8.31. The maximum absolute atomic E-state index is 12.2. The van der Waals surface area contributed by atoms with Crippen LogP contribution in [0.15, 0.2) is 29.6 Å². The van der Waals surface area contributed by atoms with Crippen molar-refractivity contribution in [3.05, 3.63) is 51.2 Å². The summed E-state index contributed by atoms with van der Waals surface area (Å²) in [5.41, 5.74) is 3.15. The summed E-state index contributed by atoms with van der Waals surface area (Å²) in [4.78, 5) is 38.4. The van der Waals surface area contributed by atoms with E-state index in [1.807, 2.05) is 18.4 Å². The summed E-state index contributed by atoms with van der Waals surface area (Å²) in [7, 11) is 1.69. The molecule has 1 aliphatic heterocycles. The van der Waals surface area contributed by atoms with E-state index in [4.69, 9.17) is 4.74 Å². The first-order valence-corrected chi connectivity index (χ1v) is 9.19. The van der Waals surface area contributed by atoms with Crippen LogP contribution in [0.25, 0.3) is 0 Å². The Balaban J connectivity index is 1.56. The van der Waals surface area contributed by atoms with Gasteiger partial charge in [-0.25, -0.2) is 4.79 Å². The first kappa shape index (κ1) is 18.1. The van der Waals surface area contributed by atoms with E-state index in [0.717, 1.165) is 21.7 Å². The zero-order valence-corrected chi connectivity index (χ0v) is 15.5. The number of nitrogens with zero attached hydrogens (tertiary/aromatic N) is 1. The van der Waals surface area contributed by atoms with E-state index in [-0.39, 0.29) is 18.4 Å². The van der Waals surface area contributed by atoms with Gasteiger partial charge in [0.2, 0.25) is 5.91 Å². The van der Waals surface area contributed by atoms with E-state index < -0.39 is 5.97 Å². The Kier molecular flexibility index (Phi) is 5.37. The predicted molar refractivity (Wildman–Crippen MR) is 99.2 cm³/mol. The normalized spacial score (nSPS) is 12.9. The Morgan fingerprint density at radius 3 is 2.81 bits per heavy atom. The van der Waals surface area contributed by atoms with E-state index in [9.17, 15) is 14.4 Å². The Bertz CT molecular complexity index is 859. The largest absolute Gasteiger partial charge is 0.452 e. The predicted octanol–water partition coefficient (Wildman–Crippen LogP) is 2.76. The van der Waals surface area contributed by atoms with Crippen molar-refractivity contribution in [3.63, 3.8) is 0 Å². The van der Waals surface area contributed by atoms with Gasteiger partial charge in [0, 0.05) is 24.0 Å². The molecule has 0 aliphatic carbocycles.